The van der Waals surface area contributed by atoms with Crippen molar-refractivity contribution in [2.75, 3.05) is 32.9 Å². The largest absolute Gasteiger partial charge is 0.376 e. The van der Waals surface area contributed by atoms with E-state index >= 15 is 0 Å². The fourth-order valence-corrected chi connectivity index (χ4v) is 2.96. The maximum absolute atomic E-state index is 12.0. The minimum atomic E-state index is 0.0787. The van der Waals surface area contributed by atoms with Crippen molar-refractivity contribution in [3.05, 3.63) is 17.0 Å². The summed E-state index contributed by atoms with van der Waals surface area (Å²) < 4.78 is 10.7. The van der Waals surface area contributed by atoms with Gasteiger partial charge in [-0.15, -0.1) is 0 Å². The number of hydrogen-bond acceptors (Lipinski definition) is 4. The number of rotatable bonds is 4. The summed E-state index contributed by atoms with van der Waals surface area (Å²) in [6, 6.07) is 0. The zero-order chi connectivity index (χ0) is 13.9. The van der Waals surface area contributed by atoms with Crippen LogP contribution in [-0.2, 0) is 27.3 Å². The number of nitrogens with one attached hydrogen (secondary N) is 1. The summed E-state index contributed by atoms with van der Waals surface area (Å²) in [5.41, 5.74) is 3.50. The Hall–Kier alpha value is -1.40. The number of carbonyl (C=O) groups excluding carboxylic acids is 1. The molecular weight excluding hydrogens is 258 g/mol. The SMILES string of the molecule is CCOCC(=O)N1CCC(c2n[nH]c3c2COCC3)C1. The molecule has 0 bridgehead atoms. The first-order valence-electron chi connectivity index (χ1n) is 7.29. The fraction of sp³-hybridized carbons (Fsp3) is 0.714. The third kappa shape index (κ3) is 2.58. The number of carbonyl (C=O) groups is 1. The number of ether oxygens (including phenoxy) is 2. The molecule has 1 amide bonds. The van der Waals surface area contributed by atoms with Gasteiger partial charge in [-0.2, -0.15) is 5.10 Å². The van der Waals surface area contributed by atoms with Gasteiger partial charge in [-0.25, -0.2) is 0 Å². The first kappa shape index (κ1) is 13.6. The zero-order valence-corrected chi connectivity index (χ0v) is 11.9. The van der Waals surface area contributed by atoms with Crippen LogP contribution in [0.15, 0.2) is 0 Å². The number of amides is 1. The summed E-state index contributed by atoms with van der Waals surface area (Å²) in [7, 11) is 0. The van der Waals surface area contributed by atoms with Crippen molar-refractivity contribution in [1.82, 2.24) is 15.1 Å². The molecule has 1 unspecified atom stereocenters. The Morgan fingerprint density at radius 1 is 1.60 bits per heavy atom. The van der Waals surface area contributed by atoms with E-state index < -0.39 is 0 Å². The van der Waals surface area contributed by atoms with E-state index in [1.54, 1.807) is 0 Å². The molecule has 0 aliphatic carbocycles. The van der Waals surface area contributed by atoms with Crippen LogP contribution in [0.5, 0.6) is 0 Å². The van der Waals surface area contributed by atoms with Crippen molar-refractivity contribution in [2.45, 2.75) is 32.3 Å². The lowest BCUT2D eigenvalue weighted by Gasteiger charge is -2.17. The van der Waals surface area contributed by atoms with E-state index in [4.69, 9.17) is 9.47 Å². The summed E-state index contributed by atoms with van der Waals surface area (Å²) >= 11 is 0. The van der Waals surface area contributed by atoms with E-state index in [0.717, 1.165) is 38.2 Å². The van der Waals surface area contributed by atoms with Crippen LogP contribution >= 0.6 is 0 Å². The predicted octanol–water partition coefficient (Wildman–Crippen LogP) is 0.835. The van der Waals surface area contributed by atoms with Crippen LogP contribution in [0.25, 0.3) is 0 Å². The van der Waals surface area contributed by atoms with Gasteiger partial charge < -0.3 is 14.4 Å². The van der Waals surface area contributed by atoms with Gasteiger partial charge in [-0.1, -0.05) is 0 Å². The molecule has 1 saturated heterocycles. The molecule has 1 aromatic heterocycles. The number of aromatic amines is 1. The highest BCUT2D eigenvalue weighted by atomic mass is 16.5. The third-order valence-corrected chi connectivity index (χ3v) is 4.08. The van der Waals surface area contributed by atoms with Crippen LogP contribution in [0.3, 0.4) is 0 Å². The molecular formula is C14H21N3O3. The van der Waals surface area contributed by atoms with Crippen molar-refractivity contribution in [3.8, 4) is 0 Å². The molecule has 1 atom stereocenters. The van der Waals surface area contributed by atoms with Crippen LogP contribution in [0.4, 0.5) is 0 Å². The molecule has 110 valence electrons. The van der Waals surface area contributed by atoms with E-state index in [1.165, 1.54) is 11.3 Å². The number of nitrogens with zero attached hydrogens (tertiary/aromatic N) is 2. The second kappa shape index (κ2) is 5.93. The lowest BCUT2D eigenvalue weighted by Crippen LogP contribution is -2.32. The Bertz CT molecular complexity index is 486. The first-order valence-corrected chi connectivity index (χ1v) is 7.29. The Morgan fingerprint density at radius 3 is 3.35 bits per heavy atom. The van der Waals surface area contributed by atoms with Crippen molar-refractivity contribution in [2.24, 2.45) is 0 Å². The Kier molecular flexibility index (Phi) is 4.03. The number of likely N-dealkylation sites (tertiary alicyclic amines) is 1. The van der Waals surface area contributed by atoms with Gasteiger partial charge in [-0.3, -0.25) is 9.89 Å². The topological polar surface area (TPSA) is 67.5 Å². The van der Waals surface area contributed by atoms with Gasteiger partial charge in [0.15, 0.2) is 0 Å². The van der Waals surface area contributed by atoms with Crippen molar-refractivity contribution >= 4 is 5.91 Å². The zero-order valence-electron chi connectivity index (χ0n) is 11.9. The lowest BCUT2D eigenvalue weighted by molar-refractivity contribution is -0.134. The van der Waals surface area contributed by atoms with E-state index in [2.05, 4.69) is 10.2 Å². The van der Waals surface area contributed by atoms with Crippen LogP contribution < -0.4 is 0 Å². The first-order chi connectivity index (χ1) is 9.79. The van der Waals surface area contributed by atoms with Crippen LogP contribution in [-0.4, -0.2) is 53.9 Å². The van der Waals surface area contributed by atoms with Gasteiger partial charge >= 0.3 is 0 Å². The summed E-state index contributed by atoms with van der Waals surface area (Å²) in [5, 5.41) is 7.58. The van der Waals surface area contributed by atoms with E-state index in [0.29, 0.717) is 19.1 Å². The smallest absolute Gasteiger partial charge is 0.248 e. The summed E-state index contributed by atoms with van der Waals surface area (Å²) in [6.07, 6.45) is 1.87. The molecule has 6 heteroatoms. The van der Waals surface area contributed by atoms with Crippen molar-refractivity contribution < 1.29 is 14.3 Å². The summed E-state index contributed by atoms with van der Waals surface area (Å²) in [4.78, 5) is 13.8. The highest BCUT2D eigenvalue weighted by Gasteiger charge is 2.31. The van der Waals surface area contributed by atoms with Gasteiger partial charge in [0.1, 0.15) is 6.61 Å². The van der Waals surface area contributed by atoms with Crippen molar-refractivity contribution in [3.63, 3.8) is 0 Å². The lowest BCUT2D eigenvalue weighted by atomic mass is 9.98. The molecule has 3 rings (SSSR count). The van der Waals surface area contributed by atoms with Gasteiger partial charge in [0.05, 0.1) is 18.9 Å². The number of H-pyrrole nitrogens is 1. The highest BCUT2D eigenvalue weighted by Crippen LogP contribution is 2.31. The van der Waals surface area contributed by atoms with Crippen LogP contribution in [0.1, 0.15) is 36.2 Å². The average Bonchev–Trinajstić information content (AvgIpc) is 3.10. The summed E-state index contributed by atoms with van der Waals surface area (Å²) in [5.74, 6) is 0.400. The molecule has 0 saturated carbocycles. The predicted molar refractivity (Wildman–Crippen MR) is 72.4 cm³/mol. The number of aromatic nitrogens is 2. The fourth-order valence-electron chi connectivity index (χ4n) is 2.96. The van der Waals surface area contributed by atoms with Gasteiger partial charge in [0, 0.05) is 43.3 Å². The van der Waals surface area contributed by atoms with Crippen molar-refractivity contribution in [1.29, 1.82) is 0 Å². The Balaban J connectivity index is 1.65. The molecule has 1 N–H and O–H groups in total. The Labute approximate surface area is 118 Å². The average molecular weight is 279 g/mol. The minimum Gasteiger partial charge on any atom is -0.376 e. The second-order valence-corrected chi connectivity index (χ2v) is 5.33. The van der Waals surface area contributed by atoms with E-state index in [-0.39, 0.29) is 12.5 Å². The van der Waals surface area contributed by atoms with Gasteiger partial charge in [0.25, 0.3) is 0 Å². The molecule has 2 aliphatic heterocycles. The molecule has 0 spiro atoms. The second-order valence-electron chi connectivity index (χ2n) is 5.33. The van der Waals surface area contributed by atoms with Crippen LogP contribution in [0.2, 0.25) is 0 Å². The molecule has 6 nitrogen and oxygen atoms in total. The number of hydrogen-bond donors (Lipinski definition) is 1. The monoisotopic (exact) mass is 279 g/mol. The van der Waals surface area contributed by atoms with Crippen LogP contribution in [0, 0.1) is 0 Å². The maximum Gasteiger partial charge on any atom is 0.248 e. The normalized spacial score (nSPS) is 22.1. The molecule has 1 aromatic rings. The maximum atomic E-state index is 12.0. The molecule has 0 aromatic carbocycles. The third-order valence-electron chi connectivity index (χ3n) is 4.08. The van der Waals surface area contributed by atoms with E-state index in [1.807, 2.05) is 11.8 Å². The minimum absolute atomic E-state index is 0.0787. The molecule has 3 heterocycles. The summed E-state index contributed by atoms with van der Waals surface area (Å²) in [6.45, 7) is 5.60. The molecule has 0 radical (unpaired) electrons. The molecule has 1 fully saturated rings. The number of fused-ring (bicyclic) bond motifs is 1. The van der Waals surface area contributed by atoms with Gasteiger partial charge in [0.2, 0.25) is 5.91 Å². The Morgan fingerprint density at radius 2 is 2.50 bits per heavy atom. The van der Waals surface area contributed by atoms with Gasteiger partial charge in [-0.05, 0) is 13.3 Å². The molecule has 20 heavy (non-hydrogen) atoms. The highest BCUT2D eigenvalue weighted by molar-refractivity contribution is 5.77. The quantitative estimate of drug-likeness (QED) is 0.886. The molecule has 2 aliphatic rings. The standard InChI is InChI=1S/C14H21N3O3/c1-2-19-9-13(18)17-5-3-10(7-17)14-11-8-20-6-4-12(11)15-16-14/h10H,2-9H2,1H3,(H,15,16). The van der Waals surface area contributed by atoms with E-state index in [9.17, 15) is 4.79 Å².